The summed E-state index contributed by atoms with van der Waals surface area (Å²) >= 11 is 1.43. The first kappa shape index (κ1) is 12.4. The minimum atomic E-state index is -3.93. The number of rotatable bonds is 6. The standard InChI is InChI=1S/C9H12O4S2/c1-3-6-12-15(10,11)13-8(2)9-5-4-7-14-9/h3-5,7-8H,1,6H2,2H3. The van der Waals surface area contributed by atoms with Crippen molar-refractivity contribution in [3.05, 3.63) is 35.0 Å². The fourth-order valence-electron chi connectivity index (χ4n) is 0.906. The van der Waals surface area contributed by atoms with Crippen LogP contribution >= 0.6 is 11.3 Å². The van der Waals surface area contributed by atoms with Crippen LogP contribution in [-0.2, 0) is 18.8 Å². The van der Waals surface area contributed by atoms with Crippen molar-refractivity contribution in [1.29, 1.82) is 0 Å². The van der Waals surface area contributed by atoms with Crippen LogP contribution in [-0.4, -0.2) is 15.0 Å². The molecule has 0 aliphatic carbocycles. The molecule has 0 N–H and O–H groups in total. The van der Waals surface area contributed by atoms with Gasteiger partial charge in [-0.1, -0.05) is 12.1 Å². The lowest BCUT2D eigenvalue weighted by Gasteiger charge is -2.10. The van der Waals surface area contributed by atoms with Crippen LogP contribution in [0.1, 0.15) is 17.9 Å². The first-order valence-electron chi connectivity index (χ1n) is 4.27. The molecular formula is C9H12O4S2. The maximum atomic E-state index is 11.2. The van der Waals surface area contributed by atoms with Crippen LogP contribution in [0.15, 0.2) is 30.2 Å². The third-order valence-corrected chi connectivity index (χ3v) is 3.52. The zero-order valence-corrected chi connectivity index (χ0v) is 9.88. The highest BCUT2D eigenvalue weighted by atomic mass is 32.3. The van der Waals surface area contributed by atoms with Crippen molar-refractivity contribution in [2.45, 2.75) is 13.0 Å². The molecule has 0 aromatic carbocycles. The Hall–Kier alpha value is -0.690. The molecule has 6 heteroatoms. The number of thiophene rings is 1. The molecule has 1 aromatic heterocycles. The average Bonchev–Trinajstić information content (AvgIpc) is 2.67. The topological polar surface area (TPSA) is 52.6 Å². The number of hydrogen-bond donors (Lipinski definition) is 0. The molecule has 4 nitrogen and oxygen atoms in total. The largest absolute Gasteiger partial charge is 0.400 e. The van der Waals surface area contributed by atoms with Gasteiger partial charge in [0.1, 0.15) is 6.10 Å². The van der Waals surface area contributed by atoms with Gasteiger partial charge in [-0.05, 0) is 18.4 Å². The Morgan fingerprint density at radius 2 is 2.40 bits per heavy atom. The third-order valence-electron chi connectivity index (χ3n) is 1.54. The highest BCUT2D eigenvalue weighted by Crippen LogP contribution is 2.23. The van der Waals surface area contributed by atoms with Gasteiger partial charge in [-0.15, -0.1) is 17.9 Å². The van der Waals surface area contributed by atoms with E-state index in [1.807, 2.05) is 11.4 Å². The molecule has 0 aliphatic heterocycles. The van der Waals surface area contributed by atoms with Gasteiger partial charge in [-0.25, -0.2) is 8.37 Å². The van der Waals surface area contributed by atoms with Crippen molar-refractivity contribution < 1.29 is 16.8 Å². The van der Waals surface area contributed by atoms with E-state index in [1.165, 1.54) is 17.4 Å². The van der Waals surface area contributed by atoms with E-state index in [-0.39, 0.29) is 6.61 Å². The predicted octanol–water partition coefficient (Wildman–Crippen LogP) is 2.27. The normalized spacial score (nSPS) is 13.7. The molecule has 0 fully saturated rings. The van der Waals surface area contributed by atoms with Crippen LogP contribution in [0.2, 0.25) is 0 Å². The van der Waals surface area contributed by atoms with Gasteiger partial charge in [0.2, 0.25) is 0 Å². The van der Waals surface area contributed by atoms with Crippen molar-refractivity contribution in [3.8, 4) is 0 Å². The Kier molecular flexibility index (Phi) is 4.46. The SMILES string of the molecule is C=CCOS(=O)(=O)OC(C)c1cccs1. The molecule has 84 valence electrons. The van der Waals surface area contributed by atoms with Gasteiger partial charge in [0, 0.05) is 4.88 Å². The summed E-state index contributed by atoms with van der Waals surface area (Å²) in [6.45, 7) is 4.92. The highest BCUT2D eigenvalue weighted by Gasteiger charge is 2.18. The van der Waals surface area contributed by atoms with Gasteiger partial charge in [0.15, 0.2) is 0 Å². The van der Waals surface area contributed by atoms with Crippen LogP contribution in [0.5, 0.6) is 0 Å². The van der Waals surface area contributed by atoms with Crippen LogP contribution in [0.3, 0.4) is 0 Å². The van der Waals surface area contributed by atoms with Gasteiger partial charge in [0.05, 0.1) is 6.61 Å². The molecule has 0 aliphatic rings. The summed E-state index contributed by atoms with van der Waals surface area (Å²) < 4.78 is 31.7. The summed E-state index contributed by atoms with van der Waals surface area (Å²) in [4.78, 5) is 0.834. The van der Waals surface area contributed by atoms with Gasteiger partial charge >= 0.3 is 10.4 Å². The van der Waals surface area contributed by atoms with E-state index in [0.717, 1.165) is 4.88 Å². The van der Waals surface area contributed by atoms with Crippen LogP contribution in [0.4, 0.5) is 0 Å². The summed E-state index contributed by atoms with van der Waals surface area (Å²) in [5.41, 5.74) is 0. The van der Waals surface area contributed by atoms with E-state index < -0.39 is 16.5 Å². The second kappa shape index (κ2) is 5.41. The summed E-state index contributed by atoms with van der Waals surface area (Å²) in [6.07, 6.45) is 0.816. The molecule has 0 spiro atoms. The van der Waals surface area contributed by atoms with Gasteiger partial charge in [-0.2, -0.15) is 8.42 Å². The first-order valence-corrected chi connectivity index (χ1v) is 6.48. The molecule has 1 aromatic rings. The first-order chi connectivity index (χ1) is 7.05. The fraction of sp³-hybridized carbons (Fsp3) is 0.333. The van der Waals surface area contributed by atoms with E-state index in [0.29, 0.717) is 0 Å². The Labute approximate surface area is 93.5 Å². The monoisotopic (exact) mass is 248 g/mol. The third kappa shape index (κ3) is 4.13. The lowest BCUT2D eigenvalue weighted by atomic mass is 10.3. The fourth-order valence-corrected chi connectivity index (χ4v) is 2.45. The van der Waals surface area contributed by atoms with E-state index in [9.17, 15) is 8.42 Å². The van der Waals surface area contributed by atoms with Gasteiger partial charge in [-0.3, -0.25) is 0 Å². The summed E-state index contributed by atoms with van der Waals surface area (Å²) in [7, 11) is -3.93. The van der Waals surface area contributed by atoms with Gasteiger partial charge in [0.25, 0.3) is 0 Å². The van der Waals surface area contributed by atoms with Gasteiger partial charge < -0.3 is 0 Å². The second-order valence-corrected chi connectivity index (χ2v) is 4.96. The Bertz CT molecular complexity index is 394. The maximum Gasteiger partial charge on any atom is 0.400 e. The Morgan fingerprint density at radius 1 is 1.67 bits per heavy atom. The zero-order chi connectivity index (χ0) is 11.3. The minimum absolute atomic E-state index is 0.0838. The van der Waals surface area contributed by atoms with E-state index in [1.54, 1.807) is 13.0 Å². The van der Waals surface area contributed by atoms with E-state index >= 15 is 0 Å². The molecule has 0 saturated carbocycles. The summed E-state index contributed by atoms with van der Waals surface area (Å²) in [5, 5.41) is 1.85. The molecule has 1 atom stereocenters. The molecule has 0 radical (unpaired) electrons. The maximum absolute atomic E-state index is 11.2. The average molecular weight is 248 g/mol. The lowest BCUT2D eigenvalue weighted by molar-refractivity contribution is 0.180. The smallest absolute Gasteiger partial charge is 0.244 e. The molecule has 1 unspecified atom stereocenters. The van der Waals surface area contributed by atoms with Crippen molar-refractivity contribution in [2.24, 2.45) is 0 Å². The van der Waals surface area contributed by atoms with E-state index in [4.69, 9.17) is 4.18 Å². The summed E-state index contributed by atoms with van der Waals surface area (Å²) in [5.74, 6) is 0. The minimum Gasteiger partial charge on any atom is -0.244 e. The number of hydrogen-bond acceptors (Lipinski definition) is 5. The Morgan fingerprint density at radius 3 is 2.93 bits per heavy atom. The second-order valence-electron chi connectivity index (χ2n) is 2.74. The molecule has 0 saturated heterocycles. The molecular weight excluding hydrogens is 236 g/mol. The summed E-state index contributed by atoms with van der Waals surface area (Å²) in [6, 6.07) is 3.63. The molecule has 15 heavy (non-hydrogen) atoms. The molecule has 1 rings (SSSR count). The quantitative estimate of drug-likeness (QED) is 0.725. The van der Waals surface area contributed by atoms with Crippen molar-refractivity contribution in [2.75, 3.05) is 6.61 Å². The van der Waals surface area contributed by atoms with Crippen LogP contribution < -0.4 is 0 Å². The van der Waals surface area contributed by atoms with Crippen LogP contribution in [0.25, 0.3) is 0 Å². The van der Waals surface area contributed by atoms with Crippen LogP contribution in [0, 0.1) is 0 Å². The molecule has 0 bridgehead atoms. The van der Waals surface area contributed by atoms with Crippen molar-refractivity contribution in [3.63, 3.8) is 0 Å². The van der Waals surface area contributed by atoms with Crippen molar-refractivity contribution >= 4 is 21.7 Å². The molecule has 1 heterocycles. The highest BCUT2D eigenvalue weighted by molar-refractivity contribution is 7.81. The zero-order valence-electron chi connectivity index (χ0n) is 8.25. The molecule has 0 amide bonds. The Balaban J connectivity index is 2.58. The van der Waals surface area contributed by atoms with Crippen molar-refractivity contribution in [1.82, 2.24) is 0 Å². The van der Waals surface area contributed by atoms with E-state index in [2.05, 4.69) is 10.8 Å². The lowest BCUT2D eigenvalue weighted by Crippen LogP contribution is -2.12. The predicted molar refractivity (Wildman–Crippen MR) is 58.9 cm³/mol.